The maximum atomic E-state index is 13.2. The Bertz CT molecular complexity index is 1320. The number of rotatable bonds is 5. The van der Waals surface area contributed by atoms with Crippen LogP contribution in [0.3, 0.4) is 0 Å². The van der Waals surface area contributed by atoms with E-state index in [4.69, 9.17) is 4.74 Å². The Morgan fingerprint density at radius 3 is 2.40 bits per heavy atom. The van der Waals surface area contributed by atoms with E-state index in [1.165, 1.54) is 12.3 Å². The quantitative estimate of drug-likeness (QED) is 0.310. The number of carbonyl (C=O) groups is 1. The van der Waals surface area contributed by atoms with Gasteiger partial charge < -0.3 is 19.1 Å². The van der Waals surface area contributed by atoms with E-state index < -0.39 is 21.9 Å². The van der Waals surface area contributed by atoms with Gasteiger partial charge in [-0.3, -0.25) is 14.9 Å². The second-order valence-corrected chi connectivity index (χ2v) is 9.41. The SMILES string of the molecule is CCOC(=O)c1cn(C(C)(C)C)c2cc(N3CCN(c4ccccn4)CC3)c([N+](=O)[O-])cc2c1=O. The van der Waals surface area contributed by atoms with Gasteiger partial charge in [0.15, 0.2) is 0 Å². The summed E-state index contributed by atoms with van der Waals surface area (Å²) in [6.07, 6.45) is 3.24. The molecule has 3 aromatic rings. The number of piperazine rings is 1. The number of esters is 1. The van der Waals surface area contributed by atoms with Gasteiger partial charge in [0.2, 0.25) is 5.43 Å². The molecule has 10 nitrogen and oxygen atoms in total. The first kappa shape index (κ1) is 24.2. The number of pyridine rings is 2. The normalized spacial score (nSPS) is 14.3. The van der Waals surface area contributed by atoms with Crippen LogP contribution in [-0.4, -0.2) is 53.2 Å². The molecule has 10 heteroatoms. The number of hydrogen-bond donors (Lipinski definition) is 0. The highest BCUT2D eigenvalue weighted by Gasteiger charge is 2.29. The molecule has 3 heterocycles. The lowest BCUT2D eigenvalue weighted by Gasteiger charge is -2.36. The molecule has 4 rings (SSSR count). The third kappa shape index (κ3) is 4.68. The van der Waals surface area contributed by atoms with Gasteiger partial charge in [0.25, 0.3) is 5.69 Å². The molecule has 0 amide bonds. The molecule has 0 aliphatic carbocycles. The zero-order valence-corrected chi connectivity index (χ0v) is 20.4. The highest BCUT2D eigenvalue weighted by molar-refractivity contribution is 5.96. The number of nitrogens with zero attached hydrogens (tertiary/aromatic N) is 5. The highest BCUT2D eigenvalue weighted by atomic mass is 16.6. The first-order valence-corrected chi connectivity index (χ1v) is 11.6. The average molecular weight is 480 g/mol. The van der Waals surface area contributed by atoms with Crippen LogP contribution < -0.4 is 15.2 Å². The molecule has 0 unspecified atom stereocenters. The van der Waals surface area contributed by atoms with Crippen molar-refractivity contribution in [3.05, 3.63) is 68.6 Å². The van der Waals surface area contributed by atoms with E-state index in [0.717, 1.165) is 5.82 Å². The Morgan fingerprint density at radius 2 is 1.83 bits per heavy atom. The van der Waals surface area contributed by atoms with E-state index >= 15 is 0 Å². The molecule has 1 fully saturated rings. The molecular formula is C25H29N5O5. The van der Waals surface area contributed by atoms with Crippen LogP contribution in [0.2, 0.25) is 0 Å². The fourth-order valence-corrected chi connectivity index (χ4v) is 4.38. The van der Waals surface area contributed by atoms with Crippen molar-refractivity contribution in [2.75, 3.05) is 42.6 Å². The number of anilines is 2. The minimum absolute atomic E-state index is 0.119. The molecule has 35 heavy (non-hydrogen) atoms. The van der Waals surface area contributed by atoms with Crippen LogP contribution in [0.4, 0.5) is 17.2 Å². The molecular weight excluding hydrogens is 450 g/mol. The van der Waals surface area contributed by atoms with Crippen molar-refractivity contribution < 1.29 is 14.5 Å². The number of ether oxygens (including phenoxy) is 1. The third-order valence-corrected chi connectivity index (χ3v) is 6.11. The number of aromatic nitrogens is 2. The molecule has 0 saturated carbocycles. The average Bonchev–Trinajstić information content (AvgIpc) is 2.83. The number of benzene rings is 1. The van der Waals surface area contributed by atoms with Gasteiger partial charge in [-0.05, 0) is 45.9 Å². The fourth-order valence-electron chi connectivity index (χ4n) is 4.38. The molecule has 184 valence electrons. The molecule has 1 aliphatic heterocycles. The number of nitro groups is 1. The Hall–Kier alpha value is -3.95. The van der Waals surface area contributed by atoms with E-state index in [-0.39, 0.29) is 23.2 Å². The summed E-state index contributed by atoms with van der Waals surface area (Å²) in [5, 5.41) is 12.2. The monoisotopic (exact) mass is 479 g/mol. The van der Waals surface area contributed by atoms with Crippen LogP contribution >= 0.6 is 0 Å². The molecule has 2 aromatic heterocycles. The van der Waals surface area contributed by atoms with Gasteiger partial charge in [-0.1, -0.05) is 6.07 Å². The molecule has 1 saturated heterocycles. The number of fused-ring (bicyclic) bond motifs is 1. The molecule has 0 radical (unpaired) electrons. The van der Waals surface area contributed by atoms with Crippen molar-refractivity contribution >= 4 is 34.1 Å². The Morgan fingerprint density at radius 1 is 1.14 bits per heavy atom. The third-order valence-electron chi connectivity index (χ3n) is 6.11. The lowest BCUT2D eigenvalue weighted by molar-refractivity contribution is -0.384. The highest BCUT2D eigenvalue weighted by Crippen LogP contribution is 2.35. The summed E-state index contributed by atoms with van der Waals surface area (Å²) >= 11 is 0. The van der Waals surface area contributed by atoms with Gasteiger partial charge in [0.1, 0.15) is 17.1 Å². The first-order valence-electron chi connectivity index (χ1n) is 11.6. The smallest absolute Gasteiger partial charge is 0.343 e. The standard InChI is InChI=1S/C25H29N5O5/c1-5-35-24(32)18-16-29(25(2,3)4)19-15-20(21(30(33)34)14-17(19)23(18)31)27-10-12-28(13-11-27)22-8-6-7-9-26-22/h6-9,14-16H,5,10-13H2,1-4H3. The summed E-state index contributed by atoms with van der Waals surface area (Å²) in [5.74, 6) is 0.128. The number of nitro benzene ring substituents is 1. The summed E-state index contributed by atoms with van der Waals surface area (Å²) in [6, 6.07) is 8.73. The van der Waals surface area contributed by atoms with Crippen LogP contribution in [0.1, 0.15) is 38.1 Å². The lowest BCUT2D eigenvalue weighted by atomic mass is 10.0. The van der Waals surface area contributed by atoms with Crippen LogP contribution in [0.25, 0.3) is 10.9 Å². The number of hydrogen-bond acceptors (Lipinski definition) is 8. The molecule has 0 N–H and O–H groups in total. The minimum atomic E-state index is -0.741. The topological polar surface area (TPSA) is 111 Å². The van der Waals surface area contributed by atoms with E-state index in [2.05, 4.69) is 9.88 Å². The maximum absolute atomic E-state index is 13.2. The Balaban J connectivity index is 1.82. The lowest BCUT2D eigenvalue weighted by Crippen LogP contribution is -2.47. The zero-order valence-electron chi connectivity index (χ0n) is 20.4. The van der Waals surface area contributed by atoms with Gasteiger partial charge in [-0.15, -0.1) is 0 Å². The van der Waals surface area contributed by atoms with Crippen molar-refractivity contribution in [1.29, 1.82) is 0 Å². The van der Waals surface area contributed by atoms with Gasteiger partial charge >= 0.3 is 5.97 Å². The number of carbonyl (C=O) groups excluding carboxylic acids is 1. The van der Waals surface area contributed by atoms with Crippen molar-refractivity contribution in [2.45, 2.75) is 33.2 Å². The molecule has 0 atom stereocenters. The summed E-state index contributed by atoms with van der Waals surface area (Å²) < 4.78 is 6.88. The van der Waals surface area contributed by atoms with Crippen molar-refractivity contribution in [3.63, 3.8) is 0 Å². The van der Waals surface area contributed by atoms with Gasteiger partial charge in [-0.2, -0.15) is 0 Å². The van der Waals surface area contributed by atoms with Gasteiger partial charge in [0.05, 0.1) is 22.4 Å². The summed E-state index contributed by atoms with van der Waals surface area (Å²) in [7, 11) is 0. The van der Waals surface area contributed by atoms with Gasteiger partial charge in [-0.25, -0.2) is 9.78 Å². The fraction of sp³-hybridized carbons (Fsp3) is 0.400. The minimum Gasteiger partial charge on any atom is -0.462 e. The summed E-state index contributed by atoms with van der Waals surface area (Å²) in [6.45, 7) is 10.0. The molecule has 1 aliphatic rings. The predicted octanol–water partition coefficient (Wildman–Crippen LogP) is 3.56. The van der Waals surface area contributed by atoms with Crippen molar-refractivity contribution in [2.24, 2.45) is 0 Å². The van der Waals surface area contributed by atoms with Gasteiger partial charge in [0, 0.05) is 50.2 Å². The Labute approximate surface area is 202 Å². The van der Waals surface area contributed by atoms with Crippen LogP contribution in [0, 0.1) is 10.1 Å². The van der Waals surface area contributed by atoms with E-state index in [1.807, 2.05) is 48.4 Å². The molecule has 0 bridgehead atoms. The van der Waals surface area contributed by atoms with E-state index in [9.17, 15) is 19.7 Å². The van der Waals surface area contributed by atoms with Crippen molar-refractivity contribution in [1.82, 2.24) is 9.55 Å². The van der Waals surface area contributed by atoms with E-state index in [1.54, 1.807) is 19.2 Å². The molecule has 1 aromatic carbocycles. The predicted molar refractivity (Wildman–Crippen MR) is 134 cm³/mol. The summed E-state index contributed by atoms with van der Waals surface area (Å²) in [4.78, 5) is 45.8. The van der Waals surface area contributed by atoms with Crippen LogP contribution in [0.5, 0.6) is 0 Å². The first-order chi connectivity index (χ1) is 16.6. The second kappa shape index (κ2) is 9.36. The second-order valence-electron chi connectivity index (χ2n) is 9.41. The zero-order chi connectivity index (χ0) is 25.3. The molecule has 0 spiro atoms. The van der Waals surface area contributed by atoms with Crippen molar-refractivity contribution in [3.8, 4) is 0 Å². The van der Waals surface area contributed by atoms with Crippen LogP contribution in [-0.2, 0) is 10.3 Å². The van der Waals surface area contributed by atoms with E-state index in [0.29, 0.717) is 37.4 Å². The largest absolute Gasteiger partial charge is 0.462 e. The Kier molecular flexibility index (Phi) is 6.47. The summed E-state index contributed by atoms with van der Waals surface area (Å²) in [5.41, 5.74) is -0.401. The van der Waals surface area contributed by atoms with Crippen LogP contribution in [0.15, 0.2) is 47.5 Å². The maximum Gasteiger partial charge on any atom is 0.343 e.